The molecule has 0 saturated carbocycles. The molecule has 1 amide bonds. The third kappa shape index (κ3) is 4.82. The molecule has 0 bridgehead atoms. The summed E-state index contributed by atoms with van der Waals surface area (Å²) in [5.74, 6) is 0.968. The minimum atomic E-state index is -0.263. The Morgan fingerprint density at radius 2 is 1.84 bits per heavy atom. The van der Waals surface area contributed by atoms with Crippen molar-refractivity contribution in [1.82, 2.24) is 19.9 Å². The Labute approximate surface area is 187 Å². The molecule has 1 saturated heterocycles. The highest BCUT2D eigenvalue weighted by molar-refractivity contribution is 8.00. The molecule has 1 unspecified atom stereocenters. The number of nitriles is 1. The van der Waals surface area contributed by atoms with Crippen molar-refractivity contribution >= 4 is 23.6 Å². The number of carbonyl (C=O) groups is 1. The lowest BCUT2D eigenvalue weighted by atomic mass is 9.95. The summed E-state index contributed by atoms with van der Waals surface area (Å²) in [4.78, 5) is 30.9. The fourth-order valence-electron chi connectivity index (χ4n) is 4.14. The van der Waals surface area contributed by atoms with Gasteiger partial charge in [-0.05, 0) is 49.3 Å². The minimum absolute atomic E-state index is 0.122. The van der Waals surface area contributed by atoms with Crippen LogP contribution < -0.4 is 4.90 Å². The van der Waals surface area contributed by atoms with E-state index in [4.69, 9.17) is 4.98 Å². The molecule has 2 aliphatic rings. The normalized spacial score (nSPS) is 17.2. The quantitative estimate of drug-likeness (QED) is 0.666. The Kier molecular flexibility index (Phi) is 6.71. The summed E-state index contributed by atoms with van der Waals surface area (Å²) in [6.07, 6.45) is 7.72. The molecular formula is C23H28N6OS. The molecule has 1 aliphatic heterocycles. The van der Waals surface area contributed by atoms with Crippen molar-refractivity contribution in [1.29, 1.82) is 5.26 Å². The number of aryl methyl sites for hydroxylation is 2. The summed E-state index contributed by atoms with van der Waals surface area (Å²) in [6, 6.07) is 6.10. The second-order valence-corrected chi connectivity index (χ2v) is 9.54. The predicted octanol–water partition coefficient (Wildman–Crippen LogP) is 3.09. The van der Waals surface area contributed by atoms with Crippen molar-refractivity contribution in [3.05, 3.63) is 41.3 Å². The molecular weight excluding hydrogens is 408 g/mol. The zero-order valence-electron chi connectivity index (χ0n) is 18.1. The van der Waals surface area contributed by atoms with E-state index < -0.39 is 0 Å². The molecule has 0 radical (unpaired) electrons. The number of fused-ring (bicyclic) bond motifs is 1. The van der Waals surface area contributed by atoms with Crippen LogP contribution in [0.3, 0.4) is 0 Å². The Morgan fingerprint density at radius 3 is 2.52 bits per heavy atom. The molecule has 7 nitrogen and oxygen atoms in total. The van der Waals surface area contributed by atoms with E-state index in [9.17, 15) is 10.1 Å². The SMILES string of the molecule is CC(C)C(Sc1nc2c(cc1C#N)CCCC2)C(=O)N1CCN(c2ncccn2)CC1. The van der Waals surface area contributed by atoms with Crippen LogP contribution in [0.1, 0.15) is 43.5 Å². The van der Waals surface area contributed by atoms with Crippen LogP contribution in [0.15, 0.2) is 29.6 Å². The van der Waals surface area contributed by atoms with E-state index >= 15 is 0 Å². The molecule has 31 heavy (non-hydrogen) atoms. The summed E-state index contributed by atoms with van der Waals surface area (Å²) in [7, 11) is 0. The van der Waals surface area contributed by atoms with Gasteiger partial charge in [-0.15, -0.1) is 0 Å². The summed E-state index contributed by atoms with van der Waals surface area (Å²) < 4.78 is 0. The number of nitrogens with zero attached hydrogens (tertiary/aromatic N) is 6. The van der Waals surface area contributed by atoms with E-state index in [1.165, 1.54) is 17.3 Å². The lowest BCUT2D eigenvalue weighted by Gasteiger charge is -2.37. The van der Waals surface area contributed by atoms with Crippen molar-refractivity contribution in [2.45, 2.75) is 49.8 Å². The number of pyridine rings is 1. The van der Waals surface area contributed by atoms with Gasteiger partial charge >= 0.3 is 0 Å². The number of anilines is 1. The molecule has 2 aromatic heterocycles. The van der Waals surface area contributed by atoms with Gasteiger partial charge in [-0.2, -0.15) is 5.26 Å². The molecule has 1 atom stereocenters. The van der Waals surface area contributed by atoms with Crippen molar-refractivity contribution in [2.75, 3.05) is 31.1 Å². The van der Waals surface area contributed by atoms with Gasteiger partial charge in [-0.1, -0.05) is 25.6 Å². The monoisotopic (exact) mass is 436 g/mol. The van der Waals surface area contributed by atoms with Crippen molar-refractivity contribution in [2.24, 2.45) is 5.92 Å². The standard InChI is InChI=1S/C23H28N6OS/c1-16(2)20(31-21-18(15-24)14-17-6-3-4-7-19(17)27-21)22(30)28-10-12-29(13-11-28)23-25-8-5-9-26-23/h5,8-9,14,16,20H,3-4,6-7,10-13H2,1-2H3. The number of piperazine rings is 1. The van der Waals surface area contributed by atoms with Gasteiger partial charge in [0.05, 0.1) is 10.8 Å². The maximum absolute atomic E-state index is 13.4. The first-order valence-electron chi connectivity index (χ1n) is 11.0. The number of hydrogen-bond donors (Lipinski definition) is 0. The van der Waals surface area contributed by atoms with E-state index in [1.54, 1.807) is 18.5 Å². The van der Waals surface area contributed by atoms with E-state index in [-0.39, 0.29) is 17.1 Å². The van der Waals surface area contributed by atoms with E-state index in [0.29, 0.717) is 42.7 Å². The first-order chi connectivity index (χ1) is 15.1. The van der Waals surface area contributed by atoms with Gasteiger partial charge in [-0.25, -0.2) is 15.0 Å². The molecule has 1 fully saturated rings. The highest BCUT2D eigenvalue weighted by atomic mass is 32.2. The number of aromatic nitrogens is 3. The Morgan fingerprint density at radius 1 is 1.13 bits per heavy atom. The highest BCUT2D eigenvalue weighted by Crippen LogP contribution is 2.33. The molecule has 0 N–H and O–H groups in total. The van der Waals surface area contributed by atoms with Gasteiger partial charge in [0.15, 0.2) is 0 Å². The maximum atomic E-state index is 13.4. The van der Waals surface area contributed by atoms with Crippen LogP contribution in [0.5, 0.6) is 0 Å². The summed E-state index contributed by atoms with van der Waals surface area (Å²) in [6.45, 7) is 6.84. The molecule has 0 spiro atoms. The fourth-order valence-corrected chi connectivity index (χ4v) is 5.29. The van der Waals surface area contributed by atoms with Crippen LogP contribution in [0, 0.1) is 17.2 Å². The topological polar surface area (TPSA) is 86.0 Å². The molecule has 2 aromatic rings. The minimum Gasteiger partial charge on any atom is -0.338 e. The smallest absolute Gasteiger partial charge is 0.236 e. The van der Waals surface area contributed by atoms with E-state index in [0.717, 1.165) is 31.4 Å². The lowest BCUT2D eigenvalue weighted by Crippen LogP contribution is -2.52. The zero-order valence-corrected chi connectivity index (χ0v) is 18.9. The Hall–Kier alpha value is -2.66. The largest absolute Gasteiger partial charge is 0.338 e. The molecule has 1 aliphatic carbocycles. The first kappa shape index (κ1) is 21.6. The molecule has 162 valence electrons. The third-order valence-corrected chi connectivity index (χ3v) is 7.43. The van der Waals surface area contributed by atoms with Crippen LogP contribution in [0.4, 0.5) is 5.95 Å². The van der Waals surface area contributed by atoms with Crippen molar-refractivity contribution < 1.29 is 4.79 Å². The average molecular weight is 437 g/mol. The summed E-state index contributed by atoms with van der Waals surface area (Å²) in [5, 5.41) is 10.1. The van der Waals surface area contributed by atoms with Crippen molar-refractivity contribution in [3.8, 4) is 6.07 Å². The molecule has 8 heteroatoms. The first-order valence-corrected chi connectivity index (χ1v) is 11.8. The third-order valence-electron chi connectivity index (χ3n) is 5.90. The number of amides is 1. The van der Waals surface area contributed by atoms with Gasteiger partial charge in [0.2, 0.25) is 11.9 Å². The Bertz CT molecular complexity index is 966. The van der Waals surface area contributed by atoms with E-state index in [2.05, 4.69) is 34.8 Å². The highest BCUT2D eigenvalue weighted by Gasteiger charge is 2.32. The lowest BCUT2D eigenvalue weighted by molar-refractivity contribution is -0.131. The van der Waals surface area contributed by atoms with E-state index in [1.807, 2.05) is 11.0 Å². The summed E-state index contributed by atoms with van der Waals surface area (Å²) >= 11 is 1.46. The molecule has 4 rings (SSSR count). The maximum Gasteiger partial charge on any atom is 0.236 e. The van der Waals surface area contributed by atoms with Crippen LogP contribution >= 0.6 is 11.8 Å². The molecule has 3 heterocycles. The van der Waals surface area contributed by atoms with Crippen LogP contribution in [-0.2, 0) is 17.6 Å². The predicted molar refractivity (Wildman–Crippen MR) is 121 cm³/mol. The average Bonchev–Trinajstić information content (AvgIpc) is 2.82. The summed E-state index contributed by atoms with van der Waals surface area (Å²) in [5.41, 5.74) is 2.88. The number of hydrogen-bond acceptors (Lipinski definition) is 7. The number of carbonyl (C=O) groups excluding carboxylic acids is 1. The fraction of sp³-hybridized carbons (Fsp3) is 0.522. The second kappa shape index (κ2) is 9.65. The van der Waals surface area contributed by atoms with Gasteiger partial charge < -0.3 is 9.80 Å². The van der Waals surface area contributed by atoms with Crippen molar-refractivity contribution in [3.63, 3.8) is 0 Å². The number of thioether (sulfide) groups is 1. The number of rotatable bonds is 5. The van der Waals surface area contributed by atoms with Crippen LogP contribution in [0.2, 0.25) is 0 Å². The van der Waals surface area contributed by atoms with Gasteiger partial charge in [0.25, 0.3) is 0 Å². The Balaban J connectivity index is 1.47. The van der Waals surface area contributed by atoms with Gasteiger partial charge in [0.1, 0.15) is 11.1 Å². The van der Waals surface area contributed by atoms with Gasteiger partial charge in [0, 0.05) is 44.3 Å². The molecule has 0 aromatic carbocycles. The second-order valence-electron chi connectivity index (χ2n) is 8.41. The zero-order chi connectivity index (χ0) is 21.8. The van der Waals surface area contributed by atoms with Crippen LogP contribution in [-0.4, -0.2) is 57.2 Å². The van der Waals surface area contributed by atoms with Gasteiger partial charge in [-0.3, -0.25) is 4.79 Å². The van der Waals surface area contributed by atoms with Crippen LogP contribution in [0.25, 0.3) is 0 Å².